The predicted octanol–water partition coefficient (Wildman–Crippen LogP) is 10.5. The second-order valence-corrected chi connectivity index (χ2v) is 15.6. The quantitative estimate of drug-likeness (QED) is 0.158. The maximum atomic E-state index is 5.79. The molecule has 0 spiro atoms. The third kappa shape index (κ3) is 8.32. The van der Waals surface area contributed by atoms with E-state index in [-0.39, 0.29) is 37.2 Å². The maximum absolute atomic E-state index is 5.79. The summed E-state index contributed by atoms with van der Waals surface area (Å²) in [6.45, 7) is 27.6. The fourth-order valence-corrected chi connectivity index (χ4v) is 13.9. The first-order chi connectivity index (χ1) is 13.9. The number of hydrogen-bond acceptors (Lipinski definition) is 1. The maximum Gasteiger partial charge on any atom is 0.0425 e. The molecule has 0 atom stereocenters. The summed E-state index contributed by atoms with van der Waals surface area (Å²) in [7, 11) is -1.69. The van der Waals surface area contributed by atoms with Crippen LogP contribution in [0.3, 0.4) is 0 Å². The molecule has 1 aliphatic carbocycles. The SMILES string of the molecule is C=CC=CC.CCCC(C)(C)P(=NC1=CC=CC1)(C(C)(C)CCC)C(C)(C)CCC.[Ti]. The van der Waals surface area contributed by atoms with E-state index in [0.29, 0.717) is 0 Å². The number of rotatable bonds is 11. The Morgan fingerprint density at radius 2 is 1.32 bits per heavy atom. The first-order valence-electron chi connectivity index (χ1n) is 12.1. The Hall–Kier alpha value is -0.0957. The molecule has 0 aromatic carbocycles. The topological polar surface area (TPSA) is 12.4 Å². The minimum Gasteiger partial charge on any atom is -0.270 e. The Morgan fingerprint density at radius 1 is 0.903 bits per heavy atom. The summed E-state index contributed by atoms with van der Waals surface area (Å²) in [4.78, 5) is 0. The van der Waals surface area contributed by atoms with Gasteiger partial charge < -0.3 is 0 Å². The van der Waals surface area contributed by atoms with Crippen molar-refractivity contribution in [1.82, 2.24) is 0 Å². The van der Waals surface area contributed by atoms with Gasteiger partial charge in [0.2, 0.25) is 0 Å². The summed E-state index contributed by atoms with van der Waals surface area (Å²) >= 11 is 0. The summed E-state index contributed by atoms with van der Waals surface area (Å²) in [6, 6.07) is 0. The van der Waals surface area contributed by atoms with Crippen molar-refractivity contribution in [3.63, 3.8) is 0 Å². The van der Waals surface area contributed by atoms with E-state index in [9.17, 15) is 0 Å². The summed E-state index contributed by atoms with van der Waals surface area (Å²) in [5.74, 6) is 0. The number of hydrogen-bond donors (Lipinski definition) is 0. The largest absolute Gasteiger partial charge is 0.270 e. The van der Waals surface area contributed by atoms with Crippen LogP contribution in [0.2, 0.25) is 0 Å². The molecule has 0 amide bonds. The smallest absolute Gasteiger partial charge is 0.0425 e. The van der Waals surface area contributed by atoms with Gasteiger partial charge in [0, 0.05) is 49.3 Å². The van der Waals surface area contributed by atoms with Gasteiger partial charge in [0.05, 0.1) is 0 Å². The Labute approximate surface area is 211 Å². The summed E-state index contributed by atoms with van der Waals surface area (Å²) < 4.78 is 5.79. The molecule has 0 bridgehead atoms. The zero-order valence-electron chi connectivity index (χ0n) is 22.5. The molecule has 0 radical (unpaired) electrons. The van der Waals surface area contributed by atoms with Crippen LogP contribution in [0, 0.1) is 0 Å². The molecule has 0 aromatic heterocycles. The Bertz CT molecular complexity index is 610. The van der Waals surface area contributed by atoms with Gasteiger partial charge in [-0.25, -0.2) is 0 Å². The zero-order valence-corrected chi connectivity index (χ0v) is 25.0. The molecule has 178 valence electrons. The van der Waals surface area contributed by atoms with Crippen LogP contribution < -0.4 is 0 Å². The van der Waals surface area contributed by atoms with E-state index in [4.69, 9.17) is 4.74 Å². The van der Waals surface area contributed by atoms with Gasteiger partial charge in [-0.3, -0.25) is 4.74 Å². The van der Waals surface area contributed by atoms with Crippen molar-refractivity contribution in [3.05, 3.63) is 48.7 Å². The summed E-state index contributed by atoms with van der Waals surface area (Å²) in [6.07, 6.45) is 20.9. The second kappa shape index (κ2) is 14.9. The van der Waals surface area contributed by atoms with Gasteiger partial charge in [0.1, 0.15) is 0 Å². The van der Waals surface area contributed by atoms with Crippen molar-refractivity contribution in [2.45, 2.75) is 130 Å². The molecule has 1 aliphatic rings. The molecule has 3 heteroatoms. The molecular weight excluding hydrogens is 429 g/mol. The fourth-order valence-electron chi connectivity index (χ4n) is 6.02. The molecule has 1 nitrogen and oxygen atoms in total. The van der Waals surface area contributed by atoms with Crippen LogP contribution in [0.4, 0.5) is 0 Å². The zero-order chi connectivity index (χ0) is 23.5. The van der Waals surface area contributed by atoms with Crippen LogP contribution in [0.25, 0.3) is 0 Å². The van der Waals surface area contributed by atoms with Crippen molar-refractivity contribution in [1.29, 1.82) is 0 Å². The average molecular weight is 482 g/mol. The standard InChI is InChI=1S/C23H44NP.C5H8.Ti/c1-10-17-21(4,5)25(22(6,7)18-11-2,23(8,9)19-12-3)24-20-15-13-14-16-20;1-3-5-4-2;/h13-15H,10-12,16-19H2,1-9H3;3-5H,1H2,2H3;. The van der Waals surface area contributed by atoms with E-state index < -0.39 is 7.05 Å². The third-order valence-corrected chi connectivity index (χ3v) is 13.1. The minimum atomic E-state index is -1.69. The van der Waals surface area contributed by atoms with Gasteiger partial charge in [-0.1, -0.05) is 119 Å². The second-order valence-electron chi connectivity index (χ2n) is 10.5. The van der Waals surface area contributed by atoms with Gasteiger partial charge >= 0.3 is 0 Å². The number of allylic oxidation sites excluding steroid dienone is 6. The first kappa shape index (κ1) is 33.1. The fraction of sp³-hybridized carbons (Fsp3) is 0.714. The van der Waals surface area contributed by atoms with E-state index in [2.05, 4.69) is 87.1 Å². The molecule has 0 N–H and O–H groups in total. The average Bonchev–Trinajstić information content (AvgIpc) is 3.13. The first-order valence-corrected chi connectivity index (χ1v) is 13.9. The molecule has 0 aromatic rings. The van der Waals surface area contributed by atoms with Gasteiger partial charge in [0.15, 0.2) is 0 Å². The summed E-state index contributed by atoms with van der Waals surface area (Å²) in [5.41, 5.74) is 1.32. The van der Waals surface area contributed by atoms with Gasteiger partial charge in [-0.05, 0) is 39.3 Å². The van der Waals surface area contributed by atoms with Crippen LogP contribution in [-0.4, -0.2) is 15.5 Å². The Morgan fingerprint density at radius 3 is 1.55 bits per heavy atom. The van der Waals surface area contributed by atoms with Crippen LogP contribution >= 0.6 is 7.05 Å². The normalized spacial score (nSPS) is 14.6. The van der Waals surface area contributed by atoms with Crippen LogP contribution in [0.1, 0.15) is 114 Å². The molecule has 0 unspecified atom stereocenters. The Kier molecular flexibility index (Phi) is 15.9. The Balaban J connectivity index is 0. The molecule has 0 fully saturated rings. The molecular formula is C28H52NPTi. The summed E-state index contributed by atoms with van der Waals surface area (Å²) in [5, 5.41) is 0.799. The van der Waals surface area contributed by atoms with Crippen molar-refractivity contribution in [2.24, 2.45) is 4.74 Å². The monoisotopic (exact) mass is 481 g/mol. The molecule has 0 heterocycles. The van der Waals surface area contributed by atoms with Crippen molar-refractivity contribution in [2.75, 3.05) is 0 Å². The van der Waals surface area contributed by atoms with Crippen molar-refractivity contribution >= 4 is 7.05 Å². The number of nitrogens with zero attached hydrogens (tertiary/aromatic N) is 1. The third-order valence-electron chi connectivity index (χ3n) is 6.57. The molecule has 0 saturated heterocycles. The van der Waals surface area contributed by atoms with E-state index in [0.717, 1.165) is 6.42 Å². The van der Waals surface area contributed by atoms with Crippen LogP contribution in [0.5, 0.6) is 0 Å². The predicted molar refractivity (Wildman–Crippen MR) is 143 cm³/mol. The van der Waals surface area contributed by atoms with E-state index in [1.807, 2.05) is 19.1 Å². The van der Waals surface area contributed by atoms with E-state index in [1.54, 1.807) is 6.08 Å². The molecule has 31 heavy (non-hydrogen) atoms. The van der Waals surface area contributed by atoms with Gasteiger partial charge in [-0.2, -0.15) is 0 Å². The van der Waals surface area contributed by atoms with Gasteiger partial charge in [-0.15, -0.1) is 0 Å². The van der Waals surface area contributed by atoms with E-state index >= 15 is 0 Å². The van der Waals surface area contributed by atoms with Crippen molar-refractivity contribution in [3.8, 4) is 0 Å². The molecule has 0 aliphatic heterocycles. The van der Waals surface area contributed by atoms with Crippen LogP contribution in [0.15, 0.2) is 53.5 Å². The van der Waals surface area contributed by atoms with Gasteiger partial charge in [0.25, 0.3) is 0 Å². The van der Waals surface area contributed by atoms with E-state index in [1.165, 1.54) is 44.2 Å². The van der Waals surface area contributed by atoms with Crippen LogP contribution in [-0.2, 0) is 21.7 Å². The molecule has 0 saturated carbocycles. The van der Waals surface area contributed by atoms with Crippen molar-refractivity contribution < 1.29 is 21.7 Å². The minimum absolute atomic E-state index is 0. The molecule has 1 rings (SSSR count).